The first-order valence-electron chi connectivity index (χ1n) is 8.56. The molecule has 2 heterocycles. The van der Waals surface area contributed by atoms with Crippen molar-refractivity contribution in [2.24, 2.45) is 5.73 Å². The number of benzene rings is 1. The average Bonchev–Trinajstić information content (AvgIpc) is 2.62. The third-order valence-electron chi connectivity index (χ3n) is 5.01. The molecule has 3 amide bonds. The Morgan fingerprint density at radius 3 is 2.80 bits per heavy atom. The van der Waals surface area contributed by atoms with Gasteiger partial charge in [0.2, 0.25) is 5.91 Å². The first kappa shape index (κ1) is 17.4. The van der Waals surface area contributed by atoms with Crippen LogP contribution in [0.4, 0.5) is 4.79 Å². The van der Waals surface area contributed by atoms with E-state index in [0.29, 0.717) is 18.7 Å². The molecule has 0 bridgehead atoms. The number of carbonyl (C=O) groups excluding carboxylic acids is 2. The van der Waals surface area contributed by atoms with E-state index in [4.69, 9.17) is 5.73 Å². The highest BCUT2D eigenvalue weighted by molar-refractivity contribution is 5.96. The van der Waals surface area contributed by atoms with E-state index in [1.165, 1.54) is 7.05 Å². The van der Waals surface area contributed by atoms with Gasteiger partial charge in [-0.25, -0.2) is 4.79 Å². The van der Waals surface area contributed by atoms with Crippen molar-refractivity contribution in [1.82, 2.24) is 14.7 Å². The Morgan fingerprint density at radius 2 is 2.08 bits per heavy atom. The summed E-state index contributed by atoms with van der Waals surface area (Å²) in [5.74, 6) is -0.182. The van der Waals surface area contributed by atoms with Gasteiger partial charge >= 0.3 is 6.03 Å². The normalized spacial score (nSPS) is 25.2. The standard InChI is InChI=1S/C18H23N5O2/c1-21-17(24)9-16(22-8-4-7-15(20)12-22)23(18(21)25)11-14-6-3-2-5-13(14)10-19/h2-3,5-6,15-16H,4,7-9,11-12,20H2,1H3. The maximum Gasteiger partial charge on any atom is 0.328 e. The number of amides is 3. The fraction of sp³-hybridized carbons (Fsp3) is 0.500. The van der Waals surface area contributed by atoms with Gasteiger partial charge < -0.3 is 10.6 Å². The van der Waals surface area contributed by atoms with E-state index >= 15 is 0 Å². The van der Waals surface area contributed by atoms with Crippen LogP contribution in [0.15, 0.2) is 24.3 Å². The van der Waals surface area contributed by atoms with Crippen LogP contribution in [0.3, 0.4) is 0 Å². The lowest BCUT2D eigenvalue weighted by Crippen LogP contribution is -2.63. The fourth-order valence-corrected chi connectivity index (χ4v) is 3.59. The first-order valence-corrected chi connectivity index (χ1v) is 8.56. The lowest BCUT2D eigenvalue weighted by Gasteiger charge is -2.46. The fourth-order valence-electron chi connectivity index (χ4n) is 3.59. The number of rotatable bonds is 3. The summed E-state index contributed by atoms with van der Waals surface area (Å²) < 4.78 is 0. The molecule has 2 saturated heterocycles. The Hall–Kier alpha value is -2.43. The molecule has 2 fully saturated rings. The van der Waals surface area contributed by atoms with E-state index < -0.39 is 0 Å². The third-order valence-corrected chi connectivity index (χ3v) is 5.01. The van der Waals surface area contributed by atoms with Crippen molar-refractivity contribution in [1.29, 1.82) is 5.26 Å². The largest absolute Gasteiger partial charge is 0.328 e. The Labute approximate surface area is 147 Å². The zero-order valence-electron chi connectivity index (χ0n) is 14.4. The van der Waals surface area contributed by atoms with Crippen molar-refractivity contribution in [3.8, 4) is 6.07 Å². The molecule has 1 aromatic rings. The summed E-state index contributed by atoms with van der Waals surface area (Å²) in [5, 5.41) is 9.31. The van der Waals surface area contributed by atoms with Gasteiger partial charge in [-0.15, -0.1) is 0 Å². The first-order chi connectivity index (χ1) is 12.0. The molecule has 2 aliphatic heterocycles. The van der Waals surface area contributed by atoms with Crippen molar-refractivity contribution >= 4 is 11.9 Å². The molecule has 0 radical (unpaired) electrons. The molecule has 0 spiro atoms. The van der Waals surface area contributed by atoms with Gasteiger partial charge in [0.05, 0.1) is 30.8 Å². The number of piperidine rings is 1. The van der Waals surface area contributed by atoms with Crippen LogP contribution in [0.5, 0.6) is 0 Å². The second-order valence-corrected chi connectivity index (χ2v) is 6.71. The highest BCUT2D eigenvalue weighted by atomic mass is 16.2. The number of hydrogen-bond acceptors (Lipinski definition) is 5. The maximum atomic E-state index is 12.8. The zero-order valence-corrected chi connectivity index (χ0v) is 14.4. The van der Waals surface area contributed by atoms with Gasteiger partial charge in [0.15, 0.2) is 0 Å². The maximum absolute atomic E-state index is 12.8. The van der Waals surface area contributed by atoms with E-state index in [-0.39, 0.29) is 30.6 Å². The zero-order chi connectivity index (χ0) is 18.0. The highest BCUT2D eigenvalue weighted by Gasteiger charge is 2.40. The number of nitrogens with two attached hydrogens (primary N) is 1. The summed E-state index contributed by atoms with van der Waals surface area (Å²) >= 11 is 0. The second-order valence-electron chi connectivity index (χ2n) is 6.71. The summed E-state index contributed by atoms with van der Waals surface area (Å²) in [4.78, 5) is 30.0. The third kappa shape index (κ3) is 3.50. The van der Waals surface area contributed by atoms with Crippen LogP contribution in [0.25, 0.3) is 0 Å². The number of urea groups is 1. The van der Waals surface area contributed by atoms with Crippen molar-refractivity contribution in [3.05, 3.63) is 35.4 Å². The van der Waals surface area contributed by atoms with E-state index in [2.05, 4.69) is 11.0 Å². The van der Waals surface area contributed by atoms with Gasteiger partial charge in [0.25, 0.3) is 0 Å². The predicted molar refractivity (Wildman–Crippen MR) is 92.1 cm³/mol. The summed E-state index contributed by atoms with van der Waals surface area (Å²) in [6.45, 7) is 1.79. The predicted octanol–water partition coefficient (Wildman–Crippen LogP) is 1.09. The second kappa shape index (κ2) is 7.21. The molecule has 0 saturated carbocycles. The van der Waals surface area contributed by atoms with E-state index in [0.717, 1.165) is 29.8 Å². The van der Waals surface area contributed by atoms with Crippen molar-refractivity contribution in [3.63, 3.8) is 0 Å². The van der Waals surface area contributed by atoms with E-state index in [1.807, 2.05) is 12.1 Å². The minimum atomic E-state index is -0.326. The summed E-state index contributed by atoms with van der Waals surface area (Å²) in [7, 11) is 1.51. The lowest BCUT2D eigenvalue weighted by molar-refractivity contribution is -0.135. The van der Waals surface area contributed by atoms with Crippen molar-refractivity contribution in [2.75, 3.05) is 20.1 Å². The van der Waals surface area contributed by atoms with E-state index in [1.54, 1.807) is 17.0 Å². The topological polar surface area (TPSA) is 93.7 Å². The minimum absolute atomic E-state index is 0.0619. The van der Waals surface area contributed by atoms with Gasteiger partial charge in [-0.05, 0) is 24.5 Å². The van der Waals surface area contributed by atoms with Crippen LogP contribution in [-0.2, 0) is 11.3 Å². The molecular formula is C18H23N5O2. The molecule has 1 aromatic carbocycles. The average molecular weight is 341 g/mol. The highest BCUT2D eigenvalue weighted by Crippen LogP contribution is 2.25. The Balaban J connectivity index is 1.89. The Kier molecular flexibility index (Phi) is 5.02. The number of imide groups is 1. The monoisotopic (exact) mass is 341 g/mol. The van der Waals surface area contributed by atoms with Crippen LogP contribution in [0.1, 0.15) is 30.4 Å². The van der Waals surface area contributed by atoms with Crippen LogP contribution in [-0.4, -0.2) is 59.0 Å². The molecule has 2 aliphatic rings. The van der Waals surface area contributed by atoms with Crippen molar-refractivity contribution < 1.29 is 9.59 Å². The molecular weight excluding hydrogens is 318 g/mol. The summed E-state index contributed by atoms with van der Waals surface area (Å²) in [6.07, 6.45) is 1.86. The molecule has 2 unspecified atom stereocenters. The Bertz CT molecular complexity index is 714. The molecule has 7 nitrogen and oxygen atoms in total. The number of hydrogen-bond donors (Lipinski definition) is 1. The summed E-state index contributed by atoms with van der Waals surface area (Å²) in [5.41, 5.74) is 7.42. The van der Waals surface area contributed by atoms with E-state index in [9.17, 15) is 14.9 Å². The lowest BCUT2D eigenvalue weighted by atomic mass is 10.0. The molecule has 7 heteroatoms. The van der Waals surface area contributed by atoms with Gasteiger partial charge in [0, 0.05) is 26.2 Å². The molecule has 2 atom stereocenters. The SMILES string of the molecule is CN1C(=O)CC(N2CCCC(N)C2)N(Cc2ccccc2C#N)C1=O. The summed E-state index contributed by atoms with van der Waals surface area (Å²) in [6, 6.07) is 9.15. The molecule has 0 aliphatic carbocycles. The number of nitriles is 1. The van der Waals surface area contributed by atoms with Gasteiger partial charge in [-0.2, -0.15) is 5.26 Å². The number of likely N-dealkylation sites (tertiary alicyclic amines) is 1. The quantitative estimate of drug-likeness (QED) is 0.888. The Morgan fingerprint density at radius 1 is 1.32 bits per heavy atom. The van der Waals surface area contributed by atoms with Gasteiger partial charge in [0.1, 0.15) is 0 Å². The van der Waals surface area contributed by atoms with Gasteiger partial charge in [-0.1, -0.05) is 18.2 Å². The number of nitrogens with zero attached hydrogens (tertiary/aromatic N) is 4. The van der Waals surface area contributed by atoms with Gasteiger partial charge in [-0.3, -0.25) is 14.6 Å². The van der Waals surface area contributed by atoms with Crippen LogP contribution >= 0.6 is 0 Å². The number of carbonyl (C=O) groups is 2. The van der Waals surface area contributed by atoms with Crippen LogP contribution in [0.2, 0.25) is 0 Å². The molecule has 132 valence electrons. The smallest absolute Gasteiger partial charge is 0.327 e. The van der Waals surface area contributed by atoms with Crippen molar-refractivity contribution in [2.45, 2.75) is 38.0 Å². The molecule has 2 N–H and O–H groups in total. The minimum Gasteiger partial charge on any atom is -0.327 e. The molecule has 25 heavy (non-hydrogen) atoms. The van der Waals surface area contributed by atoms with Crippen LogP contribution < -0.4 is 5.73 Å². The van der Waals surface area contributed by atoms with Crippen LogP contribution in [0, 0.1) is 11.3 Å². The molecule has 3 rings (SSSR count). The molecule has 0 aromatic heterocycles.